The van der Waals surface area contributed by atoms with Crippen LogP contribution < -0.4 is 18.9 Å². The molecule has 0 unspecified atom stereocenters. The van der Waals surface area contributed by atoms with Gasteiger partial charge in [0, 0.05) is 44.5 Å². The highest BCUT2D eigenvalue weighted by Gasteiger charge is 2.44. The maximum Gasteiger partial charge on any atom is 0.222 e. The fourth-order valence-corrected chi connectivity index (χ4v) is 4.92. The molecule has 1 spiro atoms. The number of carbonyl (C=O) groups is 2. The van der Waals surface area contributed by atoms with Crippen molar-refractivity contribution >= 4 is 11.7 Å². The second-order valence-corrected chi connectivity index (χ2v) is 10.7. The monoisotopic (exact) mass is 495 g/mol. The van der Waals surface area contributed by atoms with E-state index in [1.54, 1.807) is 19.2 Å². The van der Waals surface area contributed by atoms with Crippen LogP contribution in [0.5, 0.6) is 23.0 Å². The fourth-order valence-electron chi connectivity index (χ4n) is 4.92. The summed E-state index contributed by atoms with van der Waals surface area (Å²) >= 11 is 0. The Hall–Kier alpha value is -3.22. The first-order valence-electron chi connectivity index (χ1n) is 12.6. The zero-order valence-electron chi connectivity index (χ0n) is 22.0. The third-order valence-corrected chi connectivity index (χ3v) is 7.13. The minimum atomic E-state index is -0.597. The van der Waals surface area contributed by atoms with Crippen LogP contribution in [0.2, 0.25) is 0 Å². The zero-order chi connectivity index (χ0) is 25.9. The predicted molar refractivity (Wildman–Crippen MR) is 138 cm³/mol. The number of ether oxygens (including phenoxy) is 4. The molecule has 0 aromatic heterocycles. The minimum Gasteiger partial charge on any atom is -0.496 e. The van der Waals surface area contributed by atoms with E-state index in [2.05, 4.69) is 32.9 Å². The van der Waals surface area contributed by atoms with Crippen molar-refractivity contribution in [3.8, 4) is 23.0 Å². The maximum atomic E-state index is 13.0. The van der Waals surface area contributed by atoms with Gasteiger partial charge in [-0.25, -0.2) is 0 Å². The Morgan fingerprint density at radius 2 is 1.72 bits per heavy atom. The molecule has 194 valence electrons. The number of likely N-dealkylation sites (tertiary alicyclic amines) is 1. The third kappa shape index (κ3) is 5.61. The molecular weight excluding hydrogens is 458 g/mol. The van der Waals surface area contributed by atoms with Crippen LogP contribution >= 0.6 is 0 Å². The number of nitrogens with zero attached hydrogens (tertiary/aromatic N) is 1. The number of amides is 1. The summed E-state index contributed by atoms with van der Waals surface area (Å²) in [4.78, 5) is 27.7. The van der Waals surface area contributed by atoms with Crippen LogP contribution in [0.4, 0.5) is 0 Å². The van der Waals surface area contributed by atoms with Gasteiger partial charge in [-0.05, 0) is 29.5 Å². The summed E-state index contributed by atoms with van der Waals surface area (Å²) in [5.41, 5.74) is 1.24. The molecule has 2 aromatic rings. The highest BCUT2D eigenvalue weighted by molar-refractivity contribution is 6.03. The summed E-state index contributed by atoms with van der Waals surface area (Å²) in [5.74, 6) is 2.48. The van der Waals surface area contributed by atoms with E-state index in [1.807, 2.05) is 17.0 Å². The number of ketones is 1. The molecule has 2 heterocycles. The van der Waals surface area contributed by atoms with E-state index in [0.717, 1.165) is 5.75 Å². The molecule has 2 aliphatic rings. The molecule has 0 radical (unpaired) electrons. The van der Waals surface area contributed by atoms with Gasteiger partial charge in [-0.15, -0.1) is 0 Å². The quantitative estimate of drug-likeness (QED) is 0.493. The van der Waals surface area contributed by atoms with E-state index >= 15 is 0 Å². The lowest BCUT2D eigenvalue weighted by Gasteiger charge is -2.44. The topological polar surface area (TPSA) is 74.3 Å². The van der Waals surface area contributed by atoms with Crippen LogP contribution in [0.1, 0.15) is 68.8 Å². The lowest BCUT2D eigenvalue weighted by atomic mass is 9.82. The van der Waals surface area contributed by atoms with Gasteiger partial charge < -0.3 is 23.8 Å². The largest absolute Gasteiger partial charge is 0.496 e. The van der Waals surface area contributed by atoms with E-state index in [-0.39, 0.29) is 23.5 Å². The Balaban J connectivity index is 1.27. The first kappa shape index (κ1) is 25.9. The number of piperidine rings is 1. The number of hydrogen-bond donors (Lipinski definition) is 0. The third-order valence-electron chi connectivity index (χ3n) is 7.13. The van der Waals surface area contributed by atoms with Gasteiger partial charge in [-0.1, -0.05) is 32.9 Å². The van der Waals surface area contributed by atoms with Gasteiger partial charge in [0.15, 0.2) is 5.78 Å². The van der Waals surface area contributed by atoms with E-state index in [9.17, 15) is 9.59 Å². The van der Waals surface area contributed by atoms with Crippen LogP contribution in [0.25, 0.3) is 0 Å². The molecule has 7 heteroatoms. The van der Waals surface area contributed by atoms with Crippen molar-refractivity contribution in [1.82, 2.24) is 4.90 Å². The van der Waals surface area contributed by atoms with Gasteiger partial charge in [0.25, 0.3) is 0 Å². The van der Waals surface area contributed by atoms with Crippen LogP contribution in [0.15, 0.2) is 36.4 Å². The number of methoxy groups -OCH3 is 2. The smallest absolute Gasteiger partial charge is 0.222 e. The number of hydrogen-bond acceptors (Lipinski definition) is 6. The second kappa shape index (κ2) is 10.4. The molecule has 1 fully saturated rings. The summed E-state index contributed by atoms with van der Waals surface area (Å²) in [6.45, 7) is 8.18. The van der Waals surface area contributed by atoms with Crippen molar-refractivity contribution in [1.29, 1.82) is 0 Å². The van der Waals surface area contributed by atoms with Crippen LogP contribution in [-0.4, -0.2) is 56.1 Å². The van der Waals surface area contributed by atoms with Crippen molar-refractivity contribution in [3.63, 3.8) is 0 Å². The number of Topliss-reactive ketones (excluding diaryl/α,β-unsaturated/α-hetero) is 1. The predicted octanol–water partition coefficient (Wildman–Crippen LogP) is 5.19. The summed E-state index contributed by atoms with van der Waals surface area (Å²) in [7, 11) is 3.10. The highest BCUT2D eigenvalue weighted by atomic mass is 16.5. The summed E-state index contributed by atoms with van der Waals surface area (Å²) in [6, 6.07) is 11.6. The van der Waals surface area contributed by atoms with Gasteiger partial charge in [-0.3, -0.25) is 9.59 Å². The van der Waals surface area contributed by atoms with Crippen molar-refractivity contribution in [3.05, 3.63) is 47.5 Å². The van der Waals surface area contributed by atoms with Crippen LogP contribution in [-0.2, 0) is 10.2 Å². The molecule has 2 aromatic carbocycles. The maximum absolute atomic E-state index is 13.0. The summed E-state index contributed by atoms with van der Waals surface area (Å²) < 4.78 is 23.0. The van der Waals surface area contributed by atoms with Crippen molar-refractivity contribution < 1.29 is 28.5 Å². The van der Waals surface area contributed by atoms with Gasteiger partial charge >= 0.3 is 0 Å². The van der Waals surface area contributed by atoms with Crippen molar-refractivity contribution in [2.45, 2.75) is 63.9 Å². The van der Waals surface area contributed by atoms with Crippen molar-refractivity contribution in [2.24, 2.45) is 0 Å². The zero-order valence-corrected chi connectivity index (χ0v) is 22.0. The Bertz CT molecular complexity index is 1090. The van der Waals surface area contributed by atoms with Crippen LogP contribution in [0.3, 0.4) is 0 Å². The number of fused-ring (bicyclic) bond motifs is 1. The Morgan fingerprint density at radius 3 is 2.33 bits per heavy atom. The molecule has 0 atom stereocenters. The molecule has 4 rings (SSSR count). The fraction of sp³-hybridized carbons (Fsp3) is 0.517. The SMILES string of the molecule is COc1cc(OC)c2c(c1)OC1(CCN(C(=O)CCCOc3ccc(C(C)(C)C)cc3)CC1)CC2=O. The van der Waals surface area contributed by atoms with Crippen LogP contribution in [0, 0.1) is 0 Å². The number of benzene rings is 2. The molecule has 1 amide bonds. The number of carbonyl (C=O) groups excluding carboxylic acids is 2. The molecule has 0 N–H and O–H groups in total. The molecule has 7 nitrogen and oxygen atoms in total. The van der Waals surface area contributed by atoms with E-state index < -0.39 is 5.60 Å². The van der Waals surface area contributed by atoms with Gasteiger partial charge in [0.05, 0.1) is 27.2 Å². The van der Waals surface area contributed by atoms with E-state index in [0.29, 0.717) is 68.2 Å². The summed E-state index contributed by atoms with van der Waals surface area (Å²) in [6.07, 6.45) is 2.60. The lowest BCUT2D eigenvalue weighted by Crippen LogP contribution is -2.52. The molecule has 36 heavy (non-hydrogen) atoms. The molecule has 0 aliphatic carbocycles. The minimum absolute atomic E-state index is 0.00297. The number of rotatable bonds is 7. The normalized spacial score (nSPS) is 16.8. The van der Waals surface area contributed by atoms with Gasteiger partial charge in [0.2, 0.25) is 5.91 Å². The first-order valence-corrected chi connectivity index (χ1v) is 12.6. The second-order valence-electron chi connectivity index (χ2n) is 10.7. The molecule has 1 saturated heterocycles. The molecule has 0 bridgehead atoms. The summed E-state index contributed by atoms with van der Waals surface area (Å²) in [5, 5.41) is 0. The lowest BCUT2D eigenvalue weighted by molar-refractivity contribution is -0.135. The first-order chi connectivity index (χ1) is 17.1. The van der Waals surface area contributed by atoms with Gasteiger partial charge in [-0.2, -0.15) is 0 Å². The Morgan fingerprint density at radius 1 is 1.03 bits per heavy atom. The Labute approximate surface area is 213 Å². The molecular formula is C29H37NO6. The average molecular weight is 496 g/mol. The average Bonchev–Trinajstić information content (AvgIpc) is 2.85. The molecule has 2 aliphatic heterocycles. The highest BCUT2D eigenvalue weighted by Crippen LogP contribution is 2.44. The Kier molecular flexibility index (Phi) is 7.48. The van der Waals surface area contributed by atoms with Crippen molar-refractivity contribution in [2.75, 3.05) is 33.9 Å². The van der Waals surface area contributed by atoms with E-state index in [1.165, 1.54) is 12.7 Å². The standard InChI is InChI=1S/C29H37NO6/c1-28(2,3)20-8-10-21(11-9-20)35-16-6-7-26(32)30-14-12-29(13-15-30)19-23(31)27-24(34-5)17-22(33-4)18-25(27)36-29/h8-11,17-18H,6-7,12-16,19H2,1-5H3. The van der Waals surface area contributed by atoms with Gasteiger partial charge in [0.1, 0.15) is 34.2 Å². The molecule has 0 saturated carbocycles. The van der Waals surface area contributed by atoms with E-state index in [4.69, 9.17) is 18.9 Å².